The summed E-state index contributed by atoms with van der Waals surface area (Å²) in [4.78, 5) is 4.40. The van der Waals surface area contributed by atoms with Crippen molar-refractivity contribution >= 4 is 11.3 Å². The van der Waals surface area contributed by atoms with Crippen molar-refractivity contribution in [3.8, 4) is 11.3 Å². The van der Waals surface area contributed by atoms with Crippen LogP contribution >= 0.6 is 0 Å². The fourth-order valence-corrected chi connectivity index (χ4v) is 2.61. The summed E-state index contributed by atoms with van der Waals surface area (Å²) < 4.78 is 0. The summed E-state index contributed by atoms with van der Waals surface area (Å²) in [7, 11) is 0. The number of nitrogen functional groups attached to an aromatic ring is 1. The molecule has 1 aliphatic rings. The average molecular weight is 250 g/mol. The van der Waals surface area contributed by atoms with Crippen LogP contribution in [0.5, 0.6) is 0 Å². The number of pyridine rings is 1. The van der Waals surface area contributed by atoms with E-state index in [2.05, 4.69) is 17.1 Å². The Balaban J connectivity index is 2.03. The third-order valence-electron chi connectivity index (χ3n) is 3.65. The second kappa shape index (κ2) is 5.27. The van der Waals surface area contributed by atoms with Gasteiger partial charge in [-0.1, -0.05) is 18.2 Å². The van der Waals surface area contributed by atoms with Gasteiger partial charge in [-0.15, -0.1) is 0 Å². The second-order valence-corrected chi connectivity index (χ2v) is 4.99. The van der Waals surface area contributed by atoms with E-state index >= 15 is 0 Å². The first kappa shape index (κ1) is 12.0. The summed E-state index contributed by atoms with van der Waals surface area (Å²) in [6.07, 6.45) is 9.02. The van der Waals surface area contributed by atoms with Gasteiger partial charge in [0.1, 0.15) is 0 Å². The first-order valence-corrected chi connectivity index (χ1v) is 6.85. The summed E-state index contributed by atoms with van der Waals surface area (Å²) in [5, 5.41) is 0. The lowest BCUT2D eigenvalue weighted by molar-refractivity contribution is 0.742. The molecule has 0 radical (unpaired) electrons. The Labute approximate surface area is 114 Å². The summed E-state index contributed by atoms with van der Waals surface area (Å²) in [6.45, 7) is 0. The van der Waals surface area contributed by atoms with E-state index in [1.54, 1.807) is 0 Å². The van der Waals surface area contributed by atoms with Crippen molar-refractivity contribution in [1.82, 2.24) is 4.98 Å². The van der Waals surface area contributed by atoms with Crippen molar-refractivity contribution in [2.45, 2.75) is 25.7 Å². The van der Waals surface area contributed by atoms with Crippen molar-refractivity contribution in [2.24, 2.45) is 0 Å². The molecule has 2 nitrogen and oxygen atoms in total. The number of hydrogen-bond donors (Lipinski definition) is 1. The number of hydrogen-bond acceptors (Lipinski definition) is 2. The molecule has 3 rings (SSSR count). The number of nitrogens with zero attached hydrogens (tertiary/aromatic N) is 1. The lowest BCUT2D eigenvalue weighted by Gasteiger charge is -2.16. The van der Waals surface area contributed by atoms with Gasteiger partial charge in [0.2, 0.25) is 0 Å². The number of allylic oxidation sites excluding steroid dienone is 2. The highest BCUT2D eigenvalue weighted by molar-refractivity contribution is 5.79. The molecule has 2 N–H and O–H groups in total. The molecule has 1 aromatic carbocycles. The highest BCUT2D eigenvalue weighted by Gasteiger charge is 2.11. The van der Waals surface area contributed by atoms with E-state index in [4.69, 9.17) is 5.73 Å². The average Bonchev–Trinajstić information content (AvgIpc) is 2.49. The van der Waals surface area contributed by atoms with Gasteiger partial charge in [-0.2, -0.15) is 0 Å². The summed E-state index contributed by atoms with van der Waals surface area (Å²) in [5.74, 6) is 0. The number of nitrogens with two attached hydrogens (primary N) is 1. The first-order valence-electron chi connectivity index (χ1n) is 6.85. The molecule has 0 spiro atoms. The predicted octanol–water partition coefficient (Wildman–Crippen LogP) is 4.29. The van der Waals surface area contributed by atoms with E-state index in [1.165, 1.54) is 30.4 Å². The third kappa shape index (κ3) is 2.53. The van der Waals surface area contributed by atoms with E-state index < -0.39 is 0 Å². The highest BCUT2D eigenvalue weighted by Crippen LogP contribution is 2.32. The number of anilines is 1. The number of benzene rings is 1. The zero-order valence-corrected chi connectivity index (χ0v) is 11.0. The molecule has 0 unspecified atom stereocenters. The van der Waals surface area contributed by atoms with Crippen LogP contribution in [0.4, 0.5) is 5.69 Å². The SMILES string of the molecule is Nc1ccc(-c2ccccn2)cc1C1=CCCCC1. The van der Waals surface area contributed by atoms with Gasteiger partial charge in [0.15, 0.2) is 0 Å². The molecule has 19 heavy (non-hydrogen) atoms. The van der Waals surface area contributed by atoms with Crippen molar-refractivity contribution in [2.75, 3.05) is 5.73 Å². The van der Waals surface area contributed by atoms with Gasteiger partial charge in [-0.3, -0.25) is 4.98 Å². The fraction of sp³-hybridized carbons (Fsp3) is 0.235. The lowest BCUT2D eigenvalue weighted by atomic mass is 9.91. The van der Waals surface area contributed by atoms with Crippen LogP contribution in [0.2, 0.25) is 0 Å². The quantitative estimate of drug-likeness (QED) is 0.807. The van der Waals surface area contributed by atoms with E-state index in [1.807, 2.05) is 36.5 Å². The molecule has 0 aliphatic heterocycles. The molecule has 0 amide bonds. The maximum atomic E-state index is 6.14. The molecule has 1 heterocycles. The highest BCUT2D eigenvalue weighted by atomic mass is 14.7. The normalized spacial score (nSPS) is 15.1. The van der Waals surface area contributed by atoms with Gasteiger partial charge in [-0.05, 0) is 55.5 Å². The Morgan fingerprint density at radius 1 is 1.05 bits per heavy atom. The molecule has 96 valence electrons. The Bertz CT molecular complexity index is 600. The zero-order valence-electron chi connectivity index (χ0n) is 11.0. The zero-order chi connectivity index (χ0) is 13.1. The third-order valence-corrected chi connectivity index (χ3v) is 3.65. The molecule has 0 saturated heterocycles. The second-order valence-electron chi connectivity index (χ2n) is 4.99. The van der Waals surface area contributed by atoms with Crippen LogP contribution in [0, 0.1) is 0 Å². The molecule has 2 heteroatoms. The minimum Gasteiger partial charge on any atom is -0.398 e. The Hall–Kier alpha value is -2.09. The molecule has 0 fully saturated rings. The van der Waals surface area contributed by atoms with Gasteiger partial charge in [0.25, 0.3) is 0 Å². The van der Waals surface area contributed by atoms with Crippen molar-refractivity contribution in [1.29, 1.82) is 0 Å². The smallest absolute Gasteiger partial charge is 0.0702 e. The molecule has 2 aromatic rings. The molecule has 1 aromatic heterocycles. The molecular weight excluding hydrogens is 232 g/mol. The van der Waals surface area contributed by atoms with Gasteiger partial charge in [0.05, 0.1) is 5.69 Å². The summed E-state index contributed by atoms with van der Waals surface area (Å²) in [5.41, 5.74) is 11.7. The van der Waals surface area contributed by atoms with Crippen molar-refractivity contribution in [3.63, 3.8) is 0 Å². The topological polar surface area (TPSA) is 38.9 Å². The largest absolute Gasteiger partial charge is 0.398 e. The standard InChI is InChI=1S/C17H18N2/c18-16-10-9-14(17-8-4-5-11-19-17)12-15(16)13-6-2-1-3-7-13/h4-6,8-12H,1-3,7,18H2. The van der Waals surface area contributed by atoms with Crippen molar-refractivity contribution < 1.29 is 0 Å². The molecule has 0 saturated carbocycles. The maximum absolute atomic E-state index is 6.14. The van der Waals surface area contributed by atoms with E-state index in [0.29, 0.717) is 0 Å². The van der Waals surface area contributed by atoms with Gasteiger partial charge >= 0.3 is 0 Å². The number of aromatic nitrogens is 1. The monoisotopic (exact) mass is 250 g/mol. The van der Waals surface area contributed by atoms with E-state index in [0.717, 1.165) is 23.4 Å². The van der Waals surface area contributed by atoms with Gasteiger partial charge in [0, 0.05) is 23.0 Å². The van der Waals surface area contributed by atoms with Crippen molar-refractivity contribution in [3.05, 3.63) is 54.2 Å². The minimum absolute atomic E-state index is 0.868. The fourth-order valence-electron chi connectivity index (χ4n) is 2.61. The van der Waals surface area contributed by atoms with Gasteiger partial charge in [-0.25, -0.2) is 0 Å². The summed E-state index contributed by atoms with van der Waals surface area (Å²) >= 11 is 0. The van der Waals surface area contributed by atoms with Crippen LogP contribution in [0.15, 0.2) is 48.7 Å². The van der Waals surface area contributed by atoms with Crippen LogP contribution in [0.25, 0.3) is 16.8 Å². The minimum atomic E-state index is 0.868. The van der Waals surface area contributed by atoms with E-state index in [-0.39, 0.29) is 0 Å². The number of rotatable bonds is 2. The summed E-state index contributed by atoms with van der Waals surface area (Å²) in [6, 6.07) is 12.2. The molecule has 0 atom stereocenters. The lowest BCUT2D eigenvalue weighted by Crippen LogP contribution is -1.98. The van der Waals surface area contributed by atoms with Crippen LogP contribution in [-0.4, -0.2) is 4.98 Å². The van der Waals surface area contributed by atoms with Crippen LogP contribution < -0.4 is 5.73 Å². The Kier molecular flexibility index (Phi) is 3.32. The molecule has 1 aliphatic carbocycles. The van der Waals surface area contributed by atoms with Gasteiger partial charge < -0.3 is 5.73 Å². The van der Waals surface area contributed by atoms with Crippen LogP contribution in [0.3, 0.4) is 0 Å². The maximum Gasteiger partial charge on any atom is 0.0702 e. The molecular formula is C17H18N2. The Morgan fingerprint density at radius 3 is 2.74 bits per heavy atom. The Morgan fingerprint density at radius 2 is 2.00 bits per heavy atom. The first-order chi connectivity index (χ1) is 9.34. The van der Waals surface area contributed by atoms with Crippen LogP contribution in [-0.2, 0) is 0 Å². The van der Waals surface area contributed by atoms with E-state index in [9.17, 15) is 0 Å². The predicted molar refractivity (Wildman–Crippen MR) is 80.5 cm³/mol. The molecule has 0 bridgehead atoms. The van der Waals surface area contributed by atoms with Crippen LogP contribution in [0.1, 0.15) is 31.2 Å².